The van der Waals surface area contributed by atoms with Crippen molar-refractivity contribution in [2.45, 2.75) is 13.0 Å². The summed E-state index contributed by atoms with van der Waals surface area (Å²) in [6, 6.07) is -0.735. The molecule has 0 saturated heterocycles. The van der Waals surface area contributed by atoms with E-state index < -0.39 is 22.3 Å². The van der Waals surface area contributed by atoms with Crippen molar-refractivity contribution in [1.82, 2.24) is 30.1 Å². The van der Waals surface area contributed by atoms with Crippen molar-refractivity contribution in [3.63, 3.8) is 0 Å². The predicted octanol–water partition coefficient (Wildman–Crippen LogP) is -1.55. The molecule has 10 nitrogen and oxygen atoms in total. The molecule has 1 aromatic rings. The zero-order valence-corrected chi connectivity index (χ0v) is 9.28. The number of H-pyrrole nitrogens is 1. The molecular weight excluding hydrogens is 240 g/mol. The Morgan fingerprint density at radius 1 is 1.56 bits per heavy atom. The van der Waals surface area contributed by atoms with Crippen molar-refractivity contribution < 1.29 is 17.9 Å². The van der Waals surface area contributed by atoms with Gasteiger partial charge in [-0.3, -0.25) is 0 Å². The molecule has 16 heavy (non-hydrogen) atoms. The highest BCUT2D eigenvalue weighted by Gasteiger charge is 2.20. The van der Waals surface area contributed by atoms with Crippen LogP contribution in [0, 0.1) is 0 Å². The molecule has 3 N–H and O–H groups in total. The van der Waals surface area contributed by atoms with Crippen LogP contribution in [0.3, 0.4) is 0 Å². The first kappa shape index (κ1) is 12.3. The minimum absolute atomic E-state index is 0.148. The highest BCUT2D eigenvalue weighted by molar-refractivity contribution is 7.88. The highest BCUT2D eigenvalue weighted by Crippen LogP contribution is 2.04. The molecule has 0 aliphatic heterocycles. The summed E-state index contributed by atoms with van der Waals surface area (Å²) in [5, 5.41) is 12.6. The molecule has 0 aliphatic carbocycles. The third kappa shape index (κ3) is 3.43. The molecule has 0 aliphatic rings. The number of carbonyl (C=O) groups excluding carboxylic acids is 1. The van der Waals surface area contributed by atoms with Crippen LogP contribution in [-0.4, -0.2) is 42.2 Å². The van der Waals surface area contributed by atoms with Crippen molar-refractivity contribution >= 4 is 16.3 Å². The fourth-order valence-corrected chi connectivity index (χ4v) is 1.75. The number of carbonyl (C=O) groups is 1. The number of tetrazole rings is 1. The first-order valence-corrected chi connectivity index (χ1v) is 5.54. The quantitative estimate of drug-likeness (QED) is 0.587. The lowest BCUT2D eigenvalue weighted by Crippen LogP contribution is -2.41. The van der Waals surface area contributed by atoms with Crippen LogP contribution < -0.4 is 9.44 Å². The molecule has 0 bridgehead atoms. The molecule has 0 fully saturated rings. The third-order valence-electron chi connectivity index (χ3n) is 1.48. The molecule has 0 radical (unpaired) electrons. The van der Waals surface area contributed by atoms with Gasteiger partial charge < -0.3 is 4.74 Å². The normalized spacial score (nSPS) is 13.1. The number of aromatic amines is 1. The van der Waals surface area contributed by atoms with Gasteiger partial charge in [-0.25, -0.2) is 9.52 Å². The van der Waals surface area contributed by atoms with E-state index in [9.17, 15) is 13.2 Å². The van der Waals surface area contributed by atoms with Gasteiger partial charge in [0.2, 0.25) is 0 Å². The van der Waals surface area contributed by atoms with Crippen LogP contribution in [0.25, 0.3) is 0 Å². The van der Waals surface area contributed by atoms with Crippen molar-refractivity contribution in [2.75, 3.05) is 7.11 Å². The van der Waals surface area contributed by atoms with Gasteiger partial charge >= 0.3 is 16.3 Å². The molecule has 1 aromatic heterocycles. The van der Waals surface area contributed by atoms with Crippen LogP contribution in [0.5, 0.6) is 0 Å². The molecule has 90 valence electrons. The van der Waals surface area contributed by atoms with Crippen molar-refractivity contribution in [1.29, 1.82) is 0 Å². The summed E-state index contributed by atoms with van der Waals surface area (Å²) in [4.78, 5) is 10.7. The smallest absolute Gasteiger partial charge is 0.421 e. The summed E-state index contributed by atoms with van der Waals surface area (Å²) < 4.78 is 30.4. The lowest BCUT2D eigenvalue weighted by molar-refractivity contribution is 0.177. The Balaban J connectivity index is 2.63. The first-order chi connectivity index (χ1) is 7.44. The number of methoxy groups -OCH3 is 1. The second-order valence-electron chi connectivity index (χ2n) is 2.71. The van der Waals surface area contributed by atoms with Gasteiger partial charge in [0.25, 0.3) is 0 Å². The molecule has 0 spiro atoms. The minimum Gasteiger partial charge on any atom is -0.452 e. The number of nitrogens with one attached hydrogen (secondary N) is 3. The number of nitrogens with zero attached hydrogens (tertiary/aromatic N) is 3. The van der Waals surface area contributed by atoms with E-state index in [0.29, 0.717) is 0 Å². The Morgan fingerprint density at radius 3 is 2.75 bits per heavy atom. The second-order valence-corrected chi connectivity index (χ2v) is 4.15. The van der Waals surface area contributed by atoms with Crippen LogP contribution >= 0.6 is 0 Å². The summed E-state index contributed by atoms with van der Waals surface area (Å²) in [5.74, 6) is 0.148. The van der Waals surface area contributed by atoms with Gasteiger partial charge in [-0.05, 0) is 6.92 Å². The summed E-state index contributed by atoms with van der Waals surface area (Å²) in [5.41, 5.74) is 0. The van der Waals surface area contributed by atoms with Gasteiger partial charge in [-0.1, -0.05) is 5.21 Å². The van der Waals surface area contributed by atoms with Crippen LogP contribution in [0.2, 0.25) is 0 Å². The molecule has 1 heterocycles. The molecule has 11 heteroatoms. The van der Waals surface area contributed by atoms with Gasteiger partial charge in [0, 0.05) is 0 Å². The molecule has 0 aromatic carbocycles. The molecule has 1 unspecified atom stereocenters. The number of amides is 1. The Hall–Kier alpha value is -1.75. The summed E-state index contributed by atoms with van der Waals surface area (Å²) >= 11 is 0. The maximum absolute atomic E-state index is 11.3. The summed E-state index contributed by atoms with van der Waals surface area (Å²) in [7, 11) is -2.97. The van der Waals surface area contributed by atoms with E-state index in [1.807, 2.05) is 0 Å². The van der Waals surface area contributed by atoms with Gasteiger partial charge in [-0.2, -0.15) is 18.4 Å². The number of aromatic nitrogens is 4. The van der Waals surface area contributed by atoms with E-state index in [4.69, 9.17) is 0 Å². The summed E-state index contributed by atoms with van der Waals surface area (Å²) in [6.07, 6.45) is -1.09. The maximum atomic E-state index is 11.3. The van der Waals surface area contributed by atoms with E-state index in [0.717, 1.165) is 7.11 Å². The Kier molecular flexibility index (Phi) is 3.73. The lowest BCUT2D eigenvalue weighted by atomic mass is 10.4. The first-order valence-electron chi connectivity index (χ1n) is 4.06. The van der Waals surface area contributed by atoms with Crippen molar-refractivity contribution in [3.8, 4) is 0 Å². The highest BCUT2D eigenvalue weighted by atomic mass is 32.2. The van der Waals surface area contributed by atoms with Crippen molar-refractivity contribution in [3.05, 3.63) is 5.82 Å². The number of hydrogen-bond donors (Lipinski definition) is 3. The Bertz CT molecular complexity index is 441. The van der Waals surface area contributed by atoms with Crippen LogP contribution in [-0.2, 0) is 14.9 Å². The lowest BCUT2D eigenvalue weighted by Gasteiger charge is -2.10. The van der Waals surface area contributed by atoms with E-state index in [-0.39, 0.29) is 5.82 Å². The van der Waals surface area contributed by atoms with Gasteiger partial charge in [0.05, 0.1) is 13.2 Å². The second kappa shape index (κ2) is 4.85. The molecule has 1 atom stereocenters. The van der Waals surface area contributed by atoms with E-state index in [2.05, 4.69) is 30.1 Å². The largest absolute Gasteiger partial charge is 0.452 e. The number of rotatable bonds is 4. The van der Waals surface area contributed by atoms with Crippen LogP contribution in [0.1, 0.15) is 18.8 Å². The summed E-state index contributed by atoms with van der Waals surface area (Å²) in [6.45, 7) is 1.49. The van der Waals surface area contributed by atoms with Crippen LogP contribution in [0.15, 0.2) is 0 Å². The average Bonchev–Trinajstić information content (AvgIpc) is 2.68. The molecule has 1 amide bonds. The zero-order chi connectivity index (χ0) is 12.2. The topological polar surface area (TPSA) is 139 Å². The predicted molar refractivity (Wildman–Crippen MR) is 50.2 cm³/mol. The fourth-order valence-electron chi connectivity index (χ4n) is 0.819. The molecule has 1 rings (SSSR count). The molecular formula is C5H10N6O4S. The van der Waals surface area contributed by atoms with Crippen LogP contribution in [0.4, 0.5) is 4.79 Å². The van der Waals surface area contributed by atoms with E-state index in [1.54, 1.807) is 4.72 Å². The number of ether oxygens (including phenoxy) is 1. The molecule has 0 saturated carbocycles. The van der Waals surface area contributed by atoms with Gasteiger partial charge in [-0.15, -0.1) is 10.2 Å². The monoisotopic (exact) mass is 250 g/mol. The zero-order valence-electron chi connectivity index (χ0n) is 8.46. The van der Waals surface area contributed by atoms with Crippen molar-refractivity contribution in [2.24, 2.45) is 0 Å². The Labute approximate surface area is 90.9 Å². The standard InChI is InChI=1S/C5H10N6O4S/c1-3(4-6-10-11-7-4)8-16(13,14)9-5(12)15-2/h3,8H,1-2H3,(H,9,12)(H,6,7,10,11). The average molecular weight is 250 g/mol. The fraction of sp³-hybridized carbons (Fsp3) is 0.600. The SMILES string of the molecule is COC(=O)NS(=O)(=O)NC(C)c1nn[nH]n1. The van der Waals surface area contributed by atoms with E-state index in [1.165, 1.54) is 6.92 Å². The minimum atomic E-state index is -4.01. The maximum Gasteiger partial charge on any atom is 0.421 e. The van der Waals surface area contributed by atoms with Gasteiger partial charge in [0.15, 0.2) is 5.82 Å². The van der Waals surface area contributed by atoms with E-state index >= 15 is 0 Å². The van der Waals surface area contributed by atoms with Gasteiger partial charge in [0.1, 0.15) is 0 Å². The number of hydrogen-bond acceptors (Lipinski definition) is 7. The Morgan fingerprint density at radius 2 is 2.25 bits per heavy atom. The third-order valence-corrected chi connectivity index (χ3v) is 2.58.